The lowest BCUT2D eigenvalue weighted by Gasteiger charge is -1.98. The molecule has 0 saturated carbocycles. The molecule has 0 radical (unpaired) electrons. The maximum atomic E-state index is 10.4. The lowest BCUT2D eigenvalue weighted by Crippen LogP contribution is -1.92. The van der Waals surface area contributed by atoms with Crippen molar-refractivity contribution in [3.63, 3.8) is 0 Å². The Hall–Kier alpha value is -2.34. The normalized spacial score (nSPS) is 13.1. The van der Waals surface area contributed by atoms with Gasteiger partial charge in [0.05, 0.1) is 0 Å². The van der Waals surface area contributed by atoms with E-state index in [0.717, 1.165) is 27.3 Å². The molecule has 1 aliphatic rings. The van der Waals surface area contributed by atoms with Crippen LogP contribution in [0.2, 0.25) is 0 Å². The number of benzene rings is 1. The molecule has 6 heteroatoms. The first kappa shape index (κ1) is 11.7. The van der Waals surface area contributed by atoms with Crippen molar-refractivity contribution in [2.45, 2.75) is 0 Å². The molecule has 0 saturated heterocycles. The molecule has 0 aliphatic carbocycles. The van der Waals surface area contributed by atoms with E-state index >= 15 is 0 Å². The molecule has 5 nitrogen and oxygen atoms in total. The van der Waals surface area contributed by atoms with Crippen molar-refractivity contribution in [1.82, 2.24) is 4.98 Å². The van der Waals surface area contributed by atoms with Crippen LogP contribution in [0.3, 0.4) is 0 Å². The van der Waals surface area contributed by atoms with Crippen molar-refractivity contribution < 1.29 is 19.4 Å². The number of carbonyl (C=O) groups is 1. The second-order valence-corrected chi connectivity index (χ2v) is 4.87. The highest BCUT2D eigenvalue weighted by atomic mass is 32.1. The number of aromatic nitrogens is 1. The first-order valence-electron chi connectivity index (χ1n) is 5.49. The highest BCUT2D eigenvalue weighted by Gasteiger charge is 2.14. The lowest BCUT2D eigenvalue weighted by molar-refractivity contribution is -0.131. The lowest BCUT2D eigenvalue weighted by atomic mass is 10.2. The van der Waals surface area contributed by atoms with Gasteiger partial charge in [-0.3, -0.25) is 0 Å². The second kappa shape index (κ2) is 4.74. The fraction of sp³-hybridized carbons (Fsp3) is 0.0769. The molecule has 0 fully saturated rings. The minimum absolute atomic E-state index is 0.239. The van der Waals surface area contributed by atoms with Crippen LogP contribution in [-0.2, 0) is 4.79 Å². The molecule has 1 aromatic carbocycles. The average Bonchev–Trinajstić information content (AvgIpc) is 3.04. The second-order valence-electron chi connectivity index (χ2n) is 3.81. The molecule has 0 atom stereocenters. The molecule has 3 rings (SSSR count). The first-order valence-corrected chi connectivity index (χ1v) is 6.31. The summed E-state index contributed by atoms with van der Waals surface area (Å²) in [6.45, 7) is 0.239. The number of nitrogens with zero attached hydrogens (tertiary/aromatic N) is 1. The van der Waals surface area contributed by atoms with Gasteiger partial charge in [-0.25, -0.2) is 9.78 Å². The third kappa shape index (κ3) is 2.43. The van der Waals surface area contributed by atoms with Gasteiger partial charge in [0.1, 0.15) is 5.01 Å². The van der Waals surface area contributed by atoms with Crippen molar-refractivity contribution in [2.24, 2.45) is 0 Å². The number of carboxylic acids is 1. The number of hydrogen-bond acceptors (Lipinski definition) is 5. The van der Waals surface area contributed by atoms with Gasteiger partial charge in [0.15, 0.2) is 11.5 Å². The monoisotopic (exact) mass is 275 g/mol. The Morgan fingerprint density at radius 1 is 1.37 bits per heavy atom. The highest BCUT2D eigenvalue weighted by molar-refractivity contribution is 7.15. The van der Waals surface area contributed by atoms with E-state index in [0.29, 0.717) is 5.75 Å². The van der Waals surface area contributed by atoms with Gasteiger partial charge in [-0.05, 0) is 24.3 Å². The standard InChI is InChI=1S/C13H9NO4S/c15-12(16)4-2-9-6-14-13(19-9)8-1-3-10-11(5-8)18-7-17-10/h1-6H,7H2,(H,15,16)/b4-2+. The number of hydrogen-bond donors (Lipinski definition) is 1. The van der Waals surface area contributed by atoms with Crippen LogP contribution in [0, 0.1) is 0 Å². The van der Waals surface area contributed by atoms with Gasteiger partial charge < -0.3 is 14.6 Å². The Morgan fingerprint density at radius 3 is 3.05 bits per heavy atom. The van der Waals surface area contributed by atoms with Crippen molar-refractivity contribution in [2.75, 3.05) is 6.79 Å². The van der Waals surface area contributed by atoms with Crippen LogP contribution >= 0.6 is 11.3 Å². The maximum Gasteiger partial charge on any atom is 0.328 e. The van der Waals surface area contributed by atoms with Gasteiger partial charge in [0.2, 0.25) is 6.79 Å². The van der Waals surface area contributed by atoms with Gasteiger partial charge in [0.25, 0.3) is 0 Å². The molecule has 0 amide bonds. The molecule has 0 bridgehead atoms. The quantitative estimate of drug-likeness (QED) is 0.872. The molecule has 2 aromatic rings. The van der Waals surface area contributed by atoms with Crippen LogP contribution in [-0.4, -0.2) is 22.9 Å². The van der Waals surface area contributed by atoms with E-state index in [1.165, 1.54) is 17.4 Å². The Balaban J connectivity index is 1.88. The van der Waals surface area contributed by atoms with Crippen molar-refractivity contribution in [1.29, 1.82) is 0 Å². The predicted molar refractivity (Wildman–Crippen MR) is 70.3 cm³/mol. The molecule has 1 N–H and O–H groups in total. The van der Waals surface area contributed by atoms with Crippen molar-refractivity contribution in [3.05, 3.63) is 35.3 Å². The molecule has 1 aliphatic heterocycles. The molecule has 19 heavy (non-hydrogen) atoms. The summed E-state index contributed by atoms with van der Waals surface area (Å²) in [5, 5.41) is 9.38. The summed E-state index contributed by atoms with van der Waals surface area (Å²) in [6.07, 6.45) is 4.26. The smallest absolute Gasteiger partial charge is 0.328 e. The summed E-state index contributed by atoms with van der Waals surface area (Å²) in [6, 6.07) is 5.61. The number of ether oxygens (including phenoxy) is 2. The minimum atomic E-state index is -0.974. The first-order chi connectivity index (χ1) is 9.22. The third-order valence-corrected chi connectivity index (χ3v) is 3.54. The van der Waals surface area contributed by atoms with E-state index < -0.39 is 5.97 Å². The summed E-state index contributed by atoms with van der Waals surface area (Å²) in [4.78, 5) is 15.5. The summed E-state index contributed by atoms with van der Waals surface area (Å²) in [5.74, 6) is 0.458. The van der Waals surface area contributed by atoms with Crippen LogP contribution in [0.15, 0.2) is 30.5 Å². The number of fused-ring (bicyclic) bond motifs is 1. The van der Waals surface area contributed by atoms with E-state index in [-0.39, 0.29) is 6.79 Å². The van der Waals surface area contributed by atoms with Crippen LogP contribution < -0.4 is 9.47 Å². The summed E-state index contributed by atoms with van der Waals surface area (Å²) >= 11 is 1.42. The fourth-order valence-corrected chi connectivity index (χ4v) is 2.50. The van der Waals surface area contributed by atoms with Crippen LogP contribution in [0.25, 0.3) is 16.6 Å². The van der Waals surface area contributed by atoms with Crippen molar-refractivity contribution in [3.8, 4) is 22.1 Å². The Morgan fingerprint density at radius 2 is 2.21 bits per heavy atom. The van der Waals surface area contributed by atoms with E-state index in [1.807, 2.05) is 18.2 Å². The Bertz CT molecular complexity index is 662. The largest absolute Gasteiger partial charge is 0.478 e. The Labute approximate surface area is 112 Å². The summed E-state index contributed by atoms with van der Waals surface area (Å²) < 4.78 is 10.6. The average molecular weight is 275 g/mol. The van der Waals surface area contributed by atoms with Crippen LogP contribution in [0.4, 0.5) is 0 Å². The fourth-order valence-electron chi connectivity index (χ4n) is 1.68. The Kier molecular flexibility index (Phi) is 2.92. The van der Waals surface area contributed by atoms with Crippen LogP contribution in [0.5, 0.6) is 11.5 Å². The minimum Gasteiger partial charge on any atom is -0.478 e. The van der Waals surface area contributed by atoms with Gasteiger partial charge in [-0.1, -0.05) is 0 Å². The van der Waals surface area contributed by atoms with Gasteiger partial charge >= 0.3 is 5.97 Å². The zero-order chi connectivity index (χ0) is 13.2. The zero-order valence-corrected chi connectivity index (χ0v) is 10.5. The van der Waals surface area contributed by atoms with E-state index in [2.05, 4.69) is 4.98 Å². The molecule has 1 aromatic heterocycles. The molecule has 0 spiro atoms. The van der Waals surface area contributed by atoms with E-state index in [4.69, 9.17) is 14.6 Å². The summed E-state index contributed by atoms with van der Waals surface area (Å²) in [7, 11) is 0. The number of thiazole rings is 1. The summed E-state index contributed by atoms with van der Waals surface area (Å²) in [5.41, 5.74) is 0.921. The van der Waals surface area contributed by atoms with Gasteiger partial charge in [0, 0.05) is 22.7 Å². The van der Waals surface area contributed by atoms with Crippen LogP contribution in [0.1, 0.15) is 4.88 Å². The molecule has 96 valence electrons. The van der Waals surface area contributed by atoms with E-state index in [9.17, 15) is 4.79 Å². The van der Waals surface area contributed by atoms with E-state index in [1.54, 1.807) is 6.20 Å². The molecule has 0 unspecified atom stereocenters. The molecular weight excluding hydrogens is 266 g/mol. The number of rotatable bonds is 3. The number of carboxylic acid groups (broad SMARTS) is 1. The SMILES string of the molecule is O=C(O)/C=C/c1cnc(-c2ccc3c(c2)OCO3)s1. The van der Waals surface area contributed by atoms with Gasteiger partial charge in [-0.15, -0.1) is 11.3 Å². The van der Waals surface area contributed by atoms with Gasteiger partial charge in [-0.2, -0.15) is 0 Å². The zero-order valence-electron chi connectivity index (χ0n) is 9.70. The molecular formula is C13H9NO4S. The highest BCUT2D eigenvalue weighted by Crippen LogP contribution is 2.37. The third-order valence-electron chi connectivity index (χ3n) is 2.53. The predicted octanol–water partition coefficient (Wildman–Crippen LogP) is 2.64. The topological polar surface area (TPSA) is 68.7 Å². The maximum absolute atomic E-state index is 10.4. The van der Waals surface area contributed by atoms with Crippen molar-refractivity contribution >= 4 is 23.4 Å². The molecule has 2 heterocycles. The number of aliphatic carboxylic acids is 1.